The van der Waals surface area contributed by atoms with Crippen molar-refractivity contribution in [3.8, 4) is 0 Å². The summed E-state index contributed by atoms with van der Waals surface area (Å²) in [6, 6.07) is 4.61. The molecule has 20 heavy (non-hydrogen) atoms. The van der Waals surface area contributed by atoms with E-state index in [1.165, 1.54) is 19.2 Å². The van der Waals surface area contributed by atoms with Crippen molar-refractivity contribution < 1.29 is 17.6 Å². The van der Waals surface area contributed by atoms with Crippen LogP contribution in [0.1, 0.15) is 22.7 Å². The Morgan fingerprint density at radius 1 is 0.900 bits per heavy atom. The highest BCUT2D eigenvalue weighted by molar-refractivity contribution is 5.35. The van der Waals surface area contributed by atoms with Crippen LogP contribution in [0.25, 0.3) is 0 Å². The predicted molar refractivity (Wildman–Crippen MR) is 68.4 cm³/mol. The summed E-state index contributed by atoms with van der Waals surface area (Å²) in [5.74, 6) is -3.48. The van der Waals surface area contributed by atoms with Crippen LogP contribution in [-0.2, 0) is 0 Å². The number of halogens is 4. The largest absolute Gasteiger partial charge is 0.309 e. The number of hydrogen-bond donors (Lipinski definition) is 1. The maximum Gasteiger partial charge on any atom is 0.134 e. The van der Waals surface area contributed by atoms with Gasteiger partial charge in [0.25, 0.3) is 0 Å². The molecule has 0 aliphatic carbocycles. The first-order chi connectivity index (χ1) is 9.43. The minimum absolute atomic E-state index is 0.336. The lowest BCUT2D eigenvalue weighted by atomic mass is 9.96. The van der Waals surface area contributed by atoms with Crippen LogP contribution in [0.2, 0.25) is 0 Å². The smallest absolute Gasteiger partial charge is 0.134 e. The molecule has 0 fully saturated rings. The minimum Gasteiger partial charge on any atom is -0.309 e. The van der Waals surface area contributed by atoms with Gasteiger partial charge in [-0.05, 0) is 31.2 Å². The molecule has 5 heteroatoms. The van der Waals surface area contributed by atoms with Gasteiger partial charge in [0.15, 0.2) is 0 Å². The molecule has 2 rings (SSSR count). The van der Waals surface area contributed by atoms with Gasteiger partial charge in [-0.15, -0.1) is 0 Å². The van der Waals surface area contributed by atoms with Crippen LogP contribution in [0, 0.1) is 30.2 Å². The molecule has 2 aromatic rings. The number of rotatable bonds is 3. The first kappa shape index (κ1) is 14.5. The second kappa shape index (κ2) is 5.63. The molecular formula is C15H13F4N. The Kier molecular flexibility index (Phi) is 4.09. The van der Waals surface area contributed by atoms with E-state index in [2.05, 4.69) is 5.32 Å². The predicted octanol–water partition coefficient (Wildman–Crippen LogP) is 3.86. The summed E-state index contributed by atoms with van der Waals surface area (Å²) in [4.78, 5) is 0. The molecule has 1 nitrogen and oxygen atoms in total. The van der Waals surface area contributed by atoms with E-state index in [1.807, 2.05) is 0 Å². The molecule has 1 unspecified atom stereocenters. The van der Waals surface area contributed by atoms with Gasteiger partial charge in [-0.25, -0.2) is 17.6 Å². The molecular weight excluding hydrogens is 270 g/mol. The molecule has 0 radical (unpaired) electrons. The molecule has 106 valence electrons. The number of aryl methyl sites for hydroxylation is 1. The van der Waals surface area contributed by atoms with Crippen molar-refractivity contribution in [3.63, 3.8) is 0 Å². The van der Waals surface area contributed by atoms with Crippen LogP contribution in [0.5, 0.6) is 0 Å². The summed E-state index contributed by atoms with van der Waals surface area (Å²) in [7, 11) is 1.49. The van der Waals surface area contributed by atoms with E-state index >= 15 is 0 Å². The maximum atomic E-state index is 13.8. The van der Waals surface area contributed by atoms with Gasteiger partial charge in [0.05, 0.1) is 6.04 Å². The van der Waals surface area contributed by atoms with Crippen molar-refractivity contribution in [3.05, 3.63) is 70.3 Å². The molecule has 0 heterocycles. The average molecular weight is 283 g/mol. The minimum atomic E-state index is -1.01. The van der Waals surface area contributed by atoms with Crippen LogP contribution in [0.15, 0.2) is 30.3 Å². The SMILES string of the molecule is CNC(c1ccc(C)c(F)c1)c1c(F)cc(F)cc1F. The second-order valence-corrected chi connectivity index (χ2v) is 4.51. The van der Waals surface area contributed by atoms with Crippen molar-refractivity contribution in [2.45, 2.75) is 13.0 Å². The van der Waals surface area contributed by atoms with Gasteiger partial charge >= 0.3 is 0 Å². The van der Waals surface area contributed by atoms with E-state index < -0.39 is 29.3 Å². The third-order valence-corrected chi connectivity index (χ3v) is 3.15. The monoisotopic (exact) mass is 283 g/mol. The lowest BCUT2D eigenvalue weighted by molar-refractivity contribution is 0.499. The third-order valence-electron chi connectivity index (χ3n) is 3.15. The summed E-state index contributed by atoms with van der Waals surface area (Å²) < 4.78 is 54.1. The first-order valence-corrected chi connectivity index (χ1v) is 6.01. The van der Waals surface area contributed by atoms with Gasteiger partial charge in [-0.3, -0.25) is 0 Å². The van der Waals surface area contributed by atoms with Crippen molar-refractivity contribution >= 4 is 0 Å². The van der Waals surface area contributed by atoms with Crippen LogP contribution >= 0.6 is 0 Å². The van der Waals surface area contributed by atoms with E-state index in [-0.39, 0.29) is 5.56 Å². The molecule has 0 amide bonds. The highest BCUT2D eigenvalue weighted by atomic mass is 19.1. The van der Waals surface area contributed by atoms with Crippen molar-refractivity contribution in [2.75, 3.05) is 7.05 Å². The van der Waals surface area contributed by atoms with Crippen molar-refractivity contribution in [1.82, 2.24) is 5.32 Å². The average Bonchev–Trinajstić information content (AvgIpc) is 2.37. The fraction of sp³-hybridized carbons (Fsp3) is 0.200. The molecule has 1 N–H and O–H groups in total. The van der Waals surface area contributed by atoms with Gasteiger partial charge in [0.1, 0.15) is 23.3 Å². The van der Waals surface area contributed by atoms with Gasteiger partial charge in [-0.2, -0.15) is 0 Å². The first-order valence-electron chi connectivity index (χ1n) is 6.01. The zero-order chi connectivity index (χ0) is 14.9. The Morgan fingerprint density at radius 2 is 1.50 bits per heavy atom. The Hall–Kier alpha value is -1.88. The Morgan fingerprint density at radius 3 is 2.00 bits per heavy atom. The van der Waals surface area contributed by atoms with Crippen molar-refractivity contribution in [1.29, 1.82) is 0 Å². The highest BCUT2D eigenvalue weighted by Crippen LogP contribution is 2.28. The lowest BCUT2D eigenvalue weighted by Gasteiger charge is -2.19. The normalized spacial score (nSPS) is 12.5. The van der Waals surface area contributed by atoms with Gasteiger partial charge < -0.3 is 5.32 Å². The van der Waals surface area contributed by atoms with Gasteiger partial charge in [-0.1, -0.05) is 12.1 Å². The fourth-order valence-corrected chi connectivity index (χ4v) is 2.10. The molecule has 0 bridgehead atoms. The zero-order valence-corrected chi connectivity index (χ0v) is 11.0. The third kappa shape index (κ3) is 2.67. The van der Waals surface area contributed by atoms with E-state index in [0.717, 1.165) is 0 Å². The molecule has 1 atom stereocenters. The Balaban J connectivity index is 2.55. The van der Waals surface area contributed by atoms with E-state index in [9.17, 15) is 17.6 Å². The molecule has 0 aromatic heterocycles. The Labute approximate surface area is 114 Å². The summed E-state index contributed by atoms with van der Waals surface area (Å²) in [6.45, 7) is 1.59. The maximum absolute atomic E-state index is 13.8. The summed E-state index contributed by atoms with van der Waals surface area (Å²) >= 11 is 0. The number of benzene rings is 2. The summed E-state index contributed by atoms with van der Waals surface area (Å²) in [6.07, 6.45) is 0. The number of hydrogen-bond acceptors (Lipinski definition) is 1. The Bertz CT molecular complexity index is 617. The standard InChI is InChI=1S/C15H13F4N/c1-8-3-4-9(5-11(8)17)15(20-2)14-12(18)6-10(16)7-13(14)19/h3-7,15,20H,1-2H3. The van der Waals surface area contributed by atoms with Crippen LogP contribution in [0.3, 0.4) is 0 Å². The van der Waals surface area contributed by atoms with E-state index in [4.69, 9.17) is 0 Å². The molecule has 0 saturated carbocycles. The lowest BCUT2D eigenvalue weighted by Crippen LogP contribution is -2.21. The number of nitrogens with one attached hydrogen (secondary N) is 1. The summed E-state index contributed by atoms with van der Waals surface area (Å²) in [5.41, 5.74) is 0.459. The van der Waals surface area contributed by atoms with Crippen LogP contribution in [-0.4, -0.2) is 7.05 Å². The molecule has 0 aliphatic heterocycles. The quantitative estimate of drug-likeness (QED) is 0.843. The van der Waals surface area contributed by atoms with Crippen LogP contribution < -0.4 is 5.32 Å². The fourth-order valence-electron chi connectivity index (χ4n) is 2.10. The zero-order valence-electron chi connectivity index (χ0n) is 11.0. The second-order valence-electron chi connectivity index (χ2n) is 4.51. The highest BCUT2D eigenvalue weighted by Gasteiger charge is 2.22. The van der Waals surface area contributed by atoms with Crippen molar-refractivity contribution in [2.24, 2.45) is 0 Å². The van der Waals surface area contributed by atoms with E-state index in [0.29, 0.717) is 23.3 Å². The molecule has 0 aliphatic rings. The topological polar surface area (TPSA) is 12.0 Å². The summed E-state index contributed by atoms with van der Waals surface area (Å²) in [5, 5.41) is 2.71. The molecule has 0 spiro atoms. The van der Waals surface area contributed by atoms with E-state index in [1.54, 1.807) is 13.0 Å². The van der Waals surface area contributed by atoms with Crippen LogP contribution in [0.4, 0.5) is 17.6 Å². The van der Waals surface area contributed by atoms with Gasteiger partial charge in [0, 0.05) is 17.7 Å². The molecule has 2 aromatic carbocycles. The molecule has 0 saturated heterocycles. The van der Waals surface area contributed by atoms with Gasteiger partial charge in [0.2, 0.25) is 0 Å².